The Labute approximate surface area is 156 Å². The van der Waals surface area contributed by atoms with Gasteiger partial charge in [0, 0.05) is 41.5 Å². The highest BCUT2D eigenvalue weighted by molar-refractivity contribution is 6.09. The van der Waals surface area contributed by atoms with E-state index in [1.54, 1.807) is 0 Å². The number of fused-ring (bicyclic) bond motifs is 1. The van der Waals surface area contributed by atoms with Crippen LogP contribution in [0.4, 0.5) is 23.2 Å². The van der Waals surface area contributed by atoms with Crippen molar-refractivity contribution in [3.8, 4) is 11.3 Å². The van der Waals surface area contributed by atoms with E-state index in [1.165, 1.54) is 6.07 Å². The van der Waals surface area contributed by atoms with Crippen molar-refractivity contribution in [3.05, 3.63) is 47.9 Å². The molecule has 0 saturated heterocycles. The number of nitrogens with two attached hydrogens (primary N) is 1. The average molecular weight is 393 g/mol. The van der Waals surface area contributed by atoms with E-state index in [1.807, 2.05) is 6.92 Å². The van der Waals surface area contributed by atoms with E-state index < -0.39 is 34.9 Å². The number of carbonyl (C=O) groups excluding carboxylic acids is 1. The van der Waals surface area contributed by atoms with Gasteiger partial charge in [-0.2, -0.15) is 13.2 Å². The topological polar surface area (TPSA) is 93.8 Å². The fourth-order valence-corrected chi connectivity index (χ4v) is 2.76. The number of pyridine rings is 1. The molecule has 3 rings (SSSR count). The summed E-state index contributed by atoms with van der Waals surface area (Å²) in [7, 11) is 0. The maximum atomic E-state index is 14.5. The zero-order valence-corrected chi connectivity index (χ0v) is 14.6. The van der Waals surface area contributed by atoms with Crippen molar-refractivity contribution in [3.63, 3.8) is 0 Å². The number of hydrogen-bond acceptors (Lipinski definition) is 5. The number of nitrogens with one attached hydrogen (secondary N) is 1. The van der Waals surface area contributed by atoms with E-state index in [0.717, 1.165) is 24.7 Å². The Balaban J connectivity index is 2.25. The molecule has 2 aromatic heterocycles. The number of anilines is 1. The lowest BCUT2D eigenvalue weighted by Crippen LogP contribution is -2.26. The van der Waals surface area contributed by atoms with E-state index in [0.29, 0.717) is 13.0 Å². The lowest BCUT2D eigenvalue weighted by Gasteiger charge is -2.15. The number of amides is 1. The second kappa shape index (κ2) is 7.37. The standard InChI is InChI=1S/C18H15F4N5O/c1-2-5-26-17(28)15-13(23)9-3-4-11(19)12(10(9)8-27-15)14-16(18(20,21)22)25-7-6-24-14/h3-4,6-8H,2,5,23H2,1H3,(H,26,28). The Hall–Kier alpha value is -3.30. The smallest absolute Gasteiger partial charge is 0.396 e. The van der Waals surface area contributed by atoms with Gasteiger partial charge in [0.1, 0.15) is 11.5 Å². The fourth-order valence-electron chi connectivity index (χ4n) is 2.76. The molecule has 1 amide bonds. The predicted molar refractivity (Wildman–Crippen MR) is 94.8 cm³/mol. The van der Waals surface area contributed by atoms with Gasteiger partial charge in [-0.1, -0.05) is 6.92 Å². The van der Waals surface area contributed by atoms with Crippen molar-refractivity contribution in [1.29, 1.82) is 0 Å². The minimum Gasteiger partial charge on any atom is -0.396 e. The molecule has 10 heteroatoms. The van der Waals surface area contributed by atoms with Crippen molar-refractivity contribution in [2.75, 3.05) is 12.3 Å². The number of aromatic nitrogens is 3. The predicted octanol–water partition coefficient (Wildman–Crippen LogP) is 3.57. The summed E-state index contributed by atoms with van der Waals surface area (Å²) in [4.78, 5) is 23.1. The van der Waals surface area contributed by atoms with Crippen molar-refractivity contribution in [2.45, 2.75) is 19.5 Å². The van der Waals surface area contributed by atoms with Crippen LogP contribution < -0.4 is 11.1 Å². The number of nitrogens with zero attached hydrogens (tertiary/aromatic N) is 3. The van der Waals surface area contributed by atoms with Gasteiger partial charge >= 0.3 is 6.18 Å². The molecule has 146 valence electrons. The van der Waals surface area contributed by atoms with E-state index in [9.17, 15) is 22.4 Å². The summed E-state index contributed by atoms with van der Waals surface area (Å²) in [6.07, 6.45) is -1.12. The molecular weight excluding hydrogens is 378 g/mol. The zero-order valence-electron chi connectivity index (χ0n) is 14.6. The number of benzene rings is 1. The van der Waals surface area contributed by atoms with E-state index in [2.05, 4.69) is 20.3 Å². The number of alkyl halides is 3. The number of carbonyl (C=O) groups is 1. The largest absolute Gasteiger partial charge is 0.435 e. The normalized spacial score (nSPS) is 11.6. The molecule has 3 N–H and O–H groups in total. The molecule has 0 aliphatic heterocycles. The molecule has 0 unspecified atom stereocenters. The quantitative estimate of drug-likeness (QED) is 0.661. The van der Waals surface area contributed by atoms with E-state index in [-0.39, 0.29) is 22.2 Å². The monoisotopic (exact) mass is 393 g/mol. The van der Waals surface area contributed by atoms with Crippen LogP contribution in [0.3, 0.4) is 0 Å². The molecular formula is C18H15F4N5O. The van der Waals surface area contributed by atoms with Crippen LogP contribution in [0.5, 0.6) is 0 Å². The Kier molecular flexibility index (Phi) is 5.12. The van der Waals surface area contributed by atoms with Crippen LogP contribution in [0.25, 0.3) is 22.0 Å². The highest BCUT2D eigenvalue weighted by atomic mass is 19.4. The van der Waals surface area contributed by atoms with Gasteiger partial charge in [-0.25, -0.2) is 14.4 Å². The fraction of sp³-hybridized carbons (Fsp3) is 0.222. The maximum Gasteiger partial charge on any atom is 0.435 e. The first kappa shape index (κ1) is 19.5. The minimum absolute atomic E-state index is 0.00413. The maximum absolute atomic E-state index is 14.5. The van der Waals surface area contributed by atoms with Crippen LogP contribution in [0, 0.1) is 5.82 Å². The van der Waals surface area contributed by atoms with Gasteiger partial charge in [0.25, 0.3) is 5.91 Å². The van der Waals surface area contributed by atoms with Gasteiger partial charge in [0.05, 0.1) is 5.69 Å². The summed E-state index contributed by atoms with van der Waals surface area (Å²) in [5.74, 6) is -1.47. The zero-order chi connectivity index (χ0) is 20.5. The van der Waals surface area contributed by atoms with Gasteiger partial charge in [-0.15, -0.1) is 0 Å². The third-order valence-electron chi connectivity index (χ3n) is 4.02. The summed E-state index contributed by atoms with van der Waals surface area (Å²) in [5.41, 5.74) is 3.41. The molecule has 0 aliphatic rings. The van der Waals surface area contributed by atoms with E-state index >= 15 is 0 Å². The lowest BCUT2D eigenvalue weighted by molar-refractivity contribution is -0.140. The Morgan fingerprint density at radius 3 is 2.54 bits per heavy atom. The summed E-state index contributed by atoms with van der Waals surface area (Å²) < 4.78 is 54.5. The SMILES string of the molecule is CCCNC(=O)c1ncc2c(-c3nccnc3C(F)(F)F)c(F)ccc2c1N. The van der Waals surface area contributed by atoms with Crippen LogP contribution in [0.1, 0.15) is 29.5 Å². The molecule has 1 aromatic carbocycles. The minimum atomic E-state index is -4.84. The highest BCUT2D eigenvalue weighted by Gasteiger charge is 2.37. The van der Waals surface area contributed by atoms with Gasteiger partial charge in [0.15, 0.2) is 11.4 Å². The molecule has 0 saturated carbocycles. The summed E-state index contributed by atoms with van der Waals surface area (Å²) in [5, 5.41) is 2.80. The molecule has 0 bridgehead atoms. The molecule has 0 fully saturated rings. The van der Waals surface area contributed by atoms with Gasteiger partial charge in [0.2, 0.25) is 0 Å². The van der Waals surface area contributed by atoms with Crippen molar-refractivity contribution >= 4 is 22.4 Å². The Morgan fingerprint density at radius 1 is 1.14 bits per heavy atom. The van der Waals surface area contributed by atoms with Gasteiger partial charge < -0.3 is 11.1 Å². The molecule has 0 spiro atoms. The third-order valence-corrected chi connectivity index (χ3v) is 4.02. The summed E-state index contributed by atoms with van der Waals surface area (Å²) in [6, 6.07) is 2.25. The average Bonchev–Trinajstić information content (AvgIpc) is 2.65. The van der Waals surface area contributed by atoms with Crippen molar-refractivity contribution < 1.29 is 22.4 Å². The van der Waals surface area contributed by atoms with Crippen LogP contribution in [-0.4, -0.2) is 27.4 Å². The molecule has 0 atom stereocenters. The Morgan fingerprint density at radius 2 is 1.86 bits per heavy atom. The Bertz CT molecular complexity index is 1050. The molecule has 3 aromatic rings. The molecule has 0 aliphatic carbocycles. The number of rotatable bonds is 4. The van der Waals surface area contributed by atoms with Gasteiger partial charge in [-0.3, -0.25) is 9.78 Å². The van der Waals surface area contributed by atoms with Crippen LogP contribution in [0.2, 0.25) is 0 Å². The third kappa shape index (κ3) is 3.45. The summed E-state index contributed by atoms with van der Waals surface area (Å²) in [6.45, 7) is 2.27. The van der Waals surface area contributed by atoms with Crippen LogP contribution >= 0.6 is 0 Å². The summed E-state index contributed by atoms with van der Waals surface area (Å²) >= 11 is 0. The van der Waals surface area contributed by atoms with Gasteiger partial charge in [-0.05, 0) is 18.6 Å². The molecule has 0 radical (unpaired) electrons. The molecule has 6 nitrogen and oxygen atoms in total. The van der Waals surface area contributed by atoms with Crippen LogP contribution in [-0.2, 0) is 6.18 Å². The number of hydrogen-bond donors (Lipinski definition) is 2. The second-order valence-corrected chi connectivity index (χ2v) is 5.91. The first-order valence-corrected chi connectivity index (χ1v) is 8.29. The molecule has 2 heterocycles. The number of nitrogen functional groups attached to an aromatic ring is 1. The highest BCUT2D eigenvalue weighted by Crippen LogP contribution is 2.39. The van der Waals surface area contributed by atoms with Crippen molar-refractivity contribution in [2.24, 2.45) is 0 Å². The van der Waals surface area contributed by atoms with E-state index in [4.69, 9.17) is 5.73 Å². The first-order valence-electron chi connectivity index (χ1n) is 8.29. The number of halogens is 4. The van der Waals surface area contributed by atoms with Crippen molar-refractivity contribution in [1.82, 2.24) is 20.3 Å². The van der Waals surface area contributed by atoms with Crippen LogP contribution in [0.15, 0.2) is 30.7 Å². The first-order chi connectivity index (χ1) is 13.3. The molecule has 28 heavy (non-hydrogen) atoms. The lowest BCUT2D eigenvalue weighted by atomic mass is 9.99. The second-order valence-electron chi connectivity index (χ2n) is 5.91.